The Balaban J connectivity index is 2.01. The standard InChI is InChI=1S/C11H10O/c1-2-4-7-6(3-1)10-8-5-9(8)11(7)12-10/h1-4,8-11H,5H2/p+1. The van der Waals surface area contributed by atoms with Crippen molar-refractivity contribution < 1.29 is 4.74 Å². The summed E-state index contributed by atoms with van der Waals surface area (Å²) in [6.07, 6.45) is 2.63. The highest BCUT2D eigenvalue weighted by Gasteiger charge is 2.66. The summed E-state index contributed by atoms with van der Waals surface area (Å²) in [6, 6.07) is 8.81. The Morgan fingerprint density at radius 2 is 1.58 bits per heavy atom. The molecule has 1 aromatic rings. The molecule has 4 rings (SSSR count). The lowest BCUT2D eigenvalue weighted by molar-refractivity contribution is -0.122. The maximum Gasteiger partial charge on any atom is 0.185 e. The monoisotopic (exact) mass is 159 g/mol. The quantitative estimate of drug-likeness (QED) is 0.513. The van der Waals surface area contributed by atoms with Crippen molar-refractivity contribution in [2.24, 2.45) is 11.8 Å². The molecule has 4 atom stereocenters. The SMILES string of the molecule is c1ccc2c(c1)C1[OH+]C2C2CC12. The van der Waals surface area contributed by atoms with Crippen LogP contribution in [0.1, 0.15) is 29.8 Å². The predicted molar refractivity (Wildman–Crippen MR) is 45.7 cm³/mol. The Kier molecular flexibility index (Phi) is 0.767. The van der Waals surface area contributed by atoms with Crippen LogP contribution in [0.3, 0.4) is 0 Å². The van der Waals surface area contributed by atoms with E-state index in [0.29, 0.717) is 12.2 Å². The van der Waals surface area contributed by atoms with E-state index in [1.54, 1.807) is 0 Å². The lowest BCUT2D eigenvalue weighted by Crippen LogP contribution is -1.99. The van der Waals surface area contributed by atoms with Crippen molar-refractivity contribution in [3.05, 3.63) is 35.4 Å². The van der Waals surface area contributed by atoms with E-state index in [1.807, 2.05) is 0 Å². The average Bonchev–Trinajstić information content (AvgIpc) is 2.74. The number of ether oxygens (including phenoxy) is 1. The van der Waals surface area contributed by atoms with Crippen LogP contribution < -0.4 is 0 Å². The Bertz CT molecular complexity index is 325. The van der Waals surface area contributed by atoms with Crippen molar-refractivity contribution in [1.29, 1.82) is 0 Å². The van der Waals surface area contributed by atoms with Gasteiger partial charge in [0.2, 0.25) is 0 Å². The van der Waals surface area contributed by atoms with Gasteiger partial charge in [-0.3, -0.25) is 0 Å². The normalized spacial score (nSPS) is 45.7. The molecule has 3 aliphatic rings. The van der Waals surface area contributed by atoms with Crippen LogP contribution in [0.5, 0.6) is 0 Å². The number of hydrogen-bond acceptors (Lipinski definition) is 0. The molecule has 12 heavy (non-hydrogen) atoms. The number of hydrogen-bond donors (Lipinski definition) is 0. The molecule has 2 heterocycles. The van der Waals surface area contributed by atoms with Gasteiger partial charge in [-0.25, -0.2) is 0 Å². The first-order valence-electron chi connectivity index (χ1n) is 4.74. The number of fused-ring (bicyclic) bond motifs is 8. The summed E-state index contributed by atoms with van der Waals surface area (Å²) in [5.74, 6) is 1.87. The van der Waals surface area contributed by atoms with Crippen LogP contribution in [-0.4, -0.2) is 4.74 Å². The first-order chi connectivity index (χ1) is 5.95. The third-order valence-electron chi connectivity index (χ3n) is 3.66. The average molecular weight is 159 g/mol. The van der Waals surface area contributed by atoms with Gasteiger partial charge in [0.1, 0.15) is 0 Å². The summed E-state index contributed by atoms with van der Waals surface area (Å²) in [7, 11) is 0. The molecule has 4 unspecified atom stereocenters. The lowest BCUT2D eigenvalue weighted by Gasteiger charge is -2.03. The molecule has 0 spiro atoms. The second-order valence-corrected chi connectivity index (χ2v) is 4.23. The van der Waals surface area contributed by atoms with E-state index in [1.165, 1.54) is 17.5 Å². The zero-order valence-electron chi connectivity index (χ0n) is 6.77. The maximum atomic E-state index is 4.80. The minimum atomic E-state index is 0.594. The minimum Gasteiger partial charge on any atom is -0.422 e. The summed E-state index contributed by atoms with van der Waals surface area (Å²) < 4.78 is 4.80. The molecule has 1 nitrogen and oxygen atoms in total. The van der Waals surface area contributed by atoms with E-state index in [4.69, 9.17) is 4.74 Å². The molecule has 1 N–H and O–H groups in total. The molecule has 0 amide bonds. The molecule has 1 saturated carbocycles. The molecule has 1 aromatic carbocycles. The van der Waals surface area contributed by atoms with Crippen molar-refractivity contribution in [3.8, 4) is 0 Å². The minimum absolute atomic E-state index is 0.594. The van der Waals surface area contributed by atoms with Crippen LogP contribution in [0.4, 0.5) is 0 Å². The van der Waals surface area contributed by atoms with E-state index in [9.17, 15) is 0 Å². The molecule has 1 heteroatoms. The first-order valence-corrected chi connectivity index (χ1v) is 4.74. The second kappa shape index (κ2) is 1.60. The maximum absolute atomic E-state index is 4.80. The Morgan fingerprint density at radius 1 is 1.00 bits per heavy atom. The van der Waals surface area contributed by atoms with Crippen LogP contribution in [0.25, 0.3) is 0 Å². The van der Waals surface area contributed by atoms with E-state index in [-0.39, 0.29) is 0 Å². The van der Waals surface area contributed by atoms with Gasteiger partial charge in [-0.1, -0.05) is 24.3 Å². The van der Waals surface area contributed by atoms with Crippen molar-refractivity contribution in [1.82, 2.24) is 0 Å². The van der Waals surface area contributed by atoms with Gasteiger partial charge < -0.3 is 4.74 Å². The topological polar surface area (TPSA) is 12.8 Å². The molecular formula is C11H11O+. The summed E-state index contributed by atoms with van der Waals surface area (Å²) in [5, 5.41) is 0. The Labute approximate surface area is 71.4 Å². The summed E-state index contributed by atoms with van der Waals surface area (Å²) >= 11 is 0. The van der Waals surface area contributed by atoms with Crippen LogP contribution in [0.15, 0.2) is 24.3 Å². The second-order valence-electron chi connectivity index (χ2n) is 4.23. The van der Waals surface area contributed by atoms with Crippen molar-refractivity contribution >= 4 is 0 Å². The molecule has 60 valence electrons. The molecule has 0 radical (unpaired) electrons. The van der Waals surface area contributed by atoms with Gasteiger partial charge in [-0.2, -0.15) is 0 Å². The number of rotatable bonds is 0. The van der Waals surface area contributed by atoms with E-state index < -0.39 is 0 Å². The Hall–Kier alpha value is -0.820. The highest BCUT2D eigenvalue weighted by atomic mass is 16.5. The zero-order chi connectivity index (χ0) is 7.71. The van der Waals surface area contributed by atoms with E-state index >= 15 is 0 Å². The number of aliphatic hydroxyl groups is 2. The van der Waals surface area contributed by atoms with Crippen molar-refractivity contribution in [3.63, 3.8) is 0 Å². The van der Waals surface area contributed by atoms with Gasteiger partial charge in [0.05, 0.1) is 0 Å². The van der Waals surface area contributed by atoms with Gasteiger partial charge in [0, 0.05) is 23.0 Å². The highest BCUT2D eigenvalue weighted by Crippen LogP contribution is 2.67. The molecule has 2 fully saturated rings. The highest BCUT2D eigenvalue weighted by molar-refractivity contribution is 5.40. The van der Waals surface area contributed by atoms with Crippen molar-refractivity contribution in [2.75, 3.05) is 0 Å². The van der Waals surface area contributed by atoms with Crippen LogP contribution >= 0.6 is 0 Å². The molecular weight excluding hydrogens is 148 g/mol. The summed E-state index contributed by atoms with van der Waals surface area (Å²) in [5.41, 5.74) is 3.06. The van der Waals surface area contributed by atoms with Crippen LogP contribution in [-0.2, 0) is 0 Å². The largest absolute Gasteiger partial charge is 0.422 e. The zero-order valence-corrected chi connectivity index (χ0v) is 6.77. The van der Waals surface area contributed by atoms with Crippen molar-refractivity contribution in [2.45, 2.75) is 18.6 Å². The van der Waals surface area contributed by atoms with Gasteiger partial charge >= 0.3 is 0 Å². The van der Waals surface area contributed by atoms with Crippen LogP contribution in [0, 0.1) is 11.8 Å². The van der Waals surface area contributed by atoms with Gasteiger partial charge in [0.25, 0.3) is 0 Å². The molecule has 1 aliphatic carbocycles. The van der Waals surface area contributed by atoms with Crippen LogP contribution in [0.2, 0.25) is 0 Å². The van der Waals surface area contributed by atoms with E-state index in [0.717, 1.165) is 11.8 Å². The third-order valence-corrected chi connectivity index (χ3v) is 3.66. The smallest absolute Gasteiger partial charge is 0.185 e. The fraction of sp³-hybridized carbons (Fsp3) is 0.455. The first kappa shape index (κ1) is 5.76. The lowest BCUT2D eigenvalue weighted by atomic mass is 9.92. The molecule has 2 aliphatic heterocycles. The fourth-order valence-corrected chi connectivity index (χ4v) is 3.03. The molecule has 1 saturated heterocycles. The third kappa shape index (κ3) is 0.469. The molecule has 0 aromatic heterocycles. The summed E-state index contributed by atoms with van der Waals surface area (Å²) in [6.45, 7) is 0. The van der Waals surface area contributed by atoms with Gasteiger partial charge in [-0.15, -0.1) is 0 Å². The summed E-state index contributed by atoms with van der Waals surface area (Å²) in [4.78, 5) is 0. The van der Waals surface area contributed by atoms with Gasteiger partial charge in [-0.05, 0) is 6.42 Å². The van der Waals surface area contributed by atoms with E-state index in [2.05, 4.69) is 24.3 Å². The Morgan fingerprint density at radius 3 is 2.17 bits per heavy atom. The number of benzene rings is 1. The van der Waals surface area contributed by atoms with Gasteiger partial charge in [0.15, 0.2) is 12.2 Å². The fourth-order valence-electron chi connectivity index (χ4n) is 3.03. The molecule has 2 bridgehead atoms. The predicted octanol–water partition coefficient (Wildman–Crippen LogP) is 1.96.